The van der Waals surface area contributed by atoms with Crippen LogP contribution in [0.5, 0.6) is 0 Å². The molecule has 0 saturated carbocycles. The number of rotatable bonds is 3. The molecule has 1 aliphatic heterocycles. The lowest BCUT2D eigenvalue weighted by molar-refractivity contribution is -0.122. The summed E-state index contributed by atoms with van der Waals surface area (Å²) < 4.78 is 16.2. The molecule has 1 amide bonds. The van der Waals surface area contributed by atoms with Crippen LogP contribution in [-0.4, -0.2) is 40.1 Å². The van der Waals surface area contributed by atoms with Crippen molar-refractivity contribution < 1.29 is 9.00 Å². The second kappa shape index (κ2) is 5.91. The highest BCUT2D eigenvalue weighted by atomic mass is 35.5. The molecule has 0 N–H and O–H groups in total. The normalized spacial score (nSPS) is 20.7. The third kappa shape index (κ3) is 4.27. The Balaban J connectivity index is 2.09. The van der Waals surface area contributed by atoms with E-state index < -0.39 is 9.73 Å². The third-order valence-electron chi connectivity index (χ3n) is 2.95. The van der Waals surface area contributed by atoms with Crippen LogP contribution in [0.2, 0.25) is 4.34 Å². The van der Waals surface area contributed by atoms with Gasteiger partial charge in [0.2, 0.25) is 0 Å². The van der Waals surface area contributed by atoms with E-state index in [0.717, 1.165) is 28.6 Å². The van der Waals surface area contributed by atoms with Crippen LogP contribution in [0, 0.1) is 0 Å². The molecule has 1 aromatic rings. The van der Waals surface area contributed by atoms with E-state index in [1.807, 2.05) is 12.1 Å². The Bertz CT molecular complexity index is 582. The summed E-state index contributed by atoms with van der Waals surface area (Å²) in [4.78, 5) is 15.3. The van der Waals surface area contributed by atoms with Crippen molar-refractivity contribution in [2.24, 2.45) is 4.36 Å². The number of carbonyl (C=O) groups is 1. The SMILES string of the molecule is CS(C)(=O)=NC(=O)[C@@H]1CCCN1Cc1ccc(Cl)s1. The van der Waals surface area contributed by atoms with Crippen LogP contribution >= 0.6 is 22.9 Å². The van der Waals surface area contributed by atoms with Gasteiger partial charge in [-0.3, -0.25) is 9.69 Å². The van der Waals surface area contributed by atoms with E-state index in [2.05, 4.69) is 9.26 Å². The maximum atomic E-state index is 12.1. The van der Waals surface area contributed by atoms with Crippen LogP contribution in [-0.2, 0) is 21.1 Å². The maximum absolute atomic E-state index is 12.1. The molecule has 1 fully saturated rings. The Morgan fingerprint density at radius 3 is 2.89 bits per heavy atom. The number of thiophene rings is 1. The molecule has 0 radical (unpaired) electrons. The van der Waals surface area contributed by atoms with Crippen molar-refractivity contribution in [2.45, 2.75) is 25.4 Å². The second-order valence-corrected chi connectivity index (χ2v) is 9.29. The van der Waals surface area contributed by atoms with Crippen molar-refractivity contribution in [1.29, 1.82) is 0 Å². The fourth-order valence-electron chi connectivity index (χ4n) is 2.21. The Hall–Kier alpha value is -0.430. The first-order valence-corrected chi connectivity index (χ1v) is 9.57. The average molecular weight is 321 g/mol. The van der Waals surface area contributed by atoms with Gasteiger partial charge in [-0.2, -0.15) is 4.36 Å². The number of amides is 1. The van der Waals surface area contributed by atoms with E-state index in [4.69, 9.17) is 11.6 Å². The van der Waals surface area contributed by atoms with E-state index in [9.17, 15) is 9.00 Å². The van der Waals surface area contributed by atoms with Gasteiger partial charge in [0.05, 0.1) is 10.4 Å². The van der Waals surface area contributed by atoms with Crippen LogP contribution in [0.3, 0.4) is 0 Å². The van der Waals surface area contributed by atoms with Crippen molar-refractivity contribution >= 4 is 38.6 Å². The molecule has 2 heterocycles. The molecule has 4 nitrogen and oxygen atoms in total. The zero-order valence-electron chi connectivity index (χ0n) is 11.0. The number of hydrogen-bond donors (Lipinski definition) is 0. The Morgan fingerprint density at radius 2 is 2.32 bits per heavy atom. The third-order valence-corrected chi connectivity index (χ3v) is 4.78. The van der Waals surface area contributed by atoms with Crippen molar-refractivity contribution in [3.63, 3.8) is 0 Å². The van der Waals surface area contributed by atoms with Crippen LogP contribution in [0.25, 0.3) is 0 Å². The van der Waals surface area contributed by atoms with Crippen molar-refractivity contribution in [3.05, 3.63) is 21.3 Å². The summed E-state index contributed by atoms with van der Waals surface area (Å²) in [6.45, 7) is 1.58. The highest BCUT2D eigenvalue weighted by molar-refractivity contribution is 7.92. The first-order chi connectivity index (χ1) is 8.85. The predicted molar refractivity (Wildman–Crippen MR) is 80.2 cm³/mol. The number of carbonyl (C=O) groups excluding carboxylic acids is 1. The van der Waals surface area contributed by atoms with Crippen molar-refractivity contribution in [2.75, 3.05) is 19.1 Å². The van der Waals surface area contributed by atoms with Crippen LogP contribution in [0.1, 0.15) is 17.7 Å². The first-order valence-electron chi connectivity index (χ1n) is 6.04. The lowest BCUT2D eigenvalue weighted by atomic mass is 10.2. The zero-order chi connectivity index (χ0) is 14.0. The summed E-state index contributed by atoms with van der Waals surface area (Å²) in [5, 5.41) is 0. The van der Waals surface area contributed by atoms with Crippen LogP contribution in [0.15, 0.2) is 16.5 Å². The van der Waals surface area contributed by atoms with Gasteiger partial charge in [0.25, 0.3) is 5.91 Å². The number of likely N-dealkylation sites (tertiary alicyclic amines) is 1. The highest BCUT2D eigenvalue weighted by Crippen LogP contribution is 2.26. The fourth-order valence-corrected chi connectivity index (χ4v) is 3.88. The van der Waals surface area contributed by atoms with Gasteiger partial charge < -0.3 is 0 Å². The smallest absolute Gasteiger partial charge is 0.271 e. The lowest BCUT2D eigenvalue weighted by Crippen LogP contribution is -2.34. The molecule has 0 spiro atoms. The van der Waals surface area contributed by atoms with Gasteiger partial charge in [-0.15, -0.1) is 11.3 Å². The Morgan fingerprint density at radius 1 is 1.58 bits per heavy atom. The highest BCUT2D eigenvalue weighted by Gasteiger charge is 2.31. The van der Waals surface area contributed by atoms with Gasteiger partial charge in [-0.25, -0.2) is 4.21 Å². The van der Waals surface area contributed by atoms with E-state index >= 15 is 0 Å². The van der Waals surface area contributed by atoms with Crippen molar-refractivity contribution in [3.8, 4) is 0 Å². The first kappa shape index (κ1) is 15.0. The molecule has 0 aliphatic carbocycles. The molecule has 19 heavy (non-hydrogen) atoms. The predicted octanol–water partition coefficient (Wildman–Crippen LogP) is 2.62. The summed E-state index contributed by atoms with van der Waals surface area (Å²) >= 11 is 7.44. The molecule has 1 aliphatic rings. The molecular weight excluding hydrogens is 304 g/mol. The maximum Gasteiger partial charge on any atom is 0.271 e. The minimum atomic E-state index is -2.37. The lowest BCUT2D eigenvalue weighted by Gasteiger charge is -2.20. The van der Waals surface area contributed by atoms with Gasteiger partial charge in [0, 0.05) is 33.7 Å². The van der Waals surface area contributed by atoms with Gasteiger partial charge in [0.1, 0.15) is 0 Å². The fraction of sp³-hybridized carbons (Fsp3) is 0.583. The molecule has 0 aromatic carbocycles. The monoisotopic (exact) mass is 320 g/mol. The number of hydrogen-bond acceptors (Lipinski definition) is 4. The van der Waals surface area contributed by atoms with Crippen LogP contribution in [0.4, 0.5) is 0 Å². The van der Waals surface area contributed by atoms with Gasteiger partial charge in [0.15, 0.2) is 0 Å². The van der Waals surface area contributed by atoms with Crippen molar-refractivity contribution in [1.82, 2.24) is 4.90 Å². The zero-order valence-corrected chi connectivity index (χ0v) is 13.4. The second-order valence-electron chi connectivity index (χ2n) is 4.95. The quantitative estimate of drug-likeness (QED) is 0.860. The average Bonchev–Trinajstić information content (AvgIpc) is 2.86. The summed E-state index contributed by atoms with van der Waals surface area (Å²) in [7, 11) is -2.37. The molecule has 0 unspecified atom stereocenters. The van der Waals surface area contributed by atoms with Gasteiger partial charge in [-0.1, -0.05) is 11.6 Å². The Labute approximate surface area is 122 Å². The van der Waals surface area contributed by atoms with E-state index in [-0.39, 0.29) is 11.9 Å². The minimum absolute atomic E-state index is 0.235. The molecule has 1 atom stereocenters. The molecule has 1 aromatic heterocycles. The minimum Gasteiger partial charge on any atom is -0.287 e. The van der Waals surface area contributed by atoms with E-state index in [1.54, 1.807) is 0 Å². The van der Waals surface area contributed by atoms with E-state index in [0.29, 0.717) is 6.54 Å². The van der Waals surface area contributed by atoms with Gasteiger partial charge >= 0.3 is 0 Å². The summed E-state index contributed by atoms with van der Waals surface area (Å²) in [6.07, 6.45) is 4.74. The van der Waals surface area contributed by atoms with Gasteiger partial charge in [-0.05, 0) is 31.5 Å². The molecule has 106 valence electrons. The molecule has 2 rings (SSSR count). The summed E-state index contributed by atoms with van der Waals surface area (Å²) in [6, 6.07) is 3.61. The molecular formula is C12H17ClN2O2S2. The topological polar surface area (TPSA) is 49.7 Å². The molecule has 7 heteroatoms. The summed E-state index contributed by atoms with van der Waals surface area (Å²) in [5.41, 5.74) is 0. The molecule has 0 bridgehead atoms. The van der Waals surface area contributed by atoms with Crippen LogP contribution < -0.4 is 0 Å². The van der Waals surface area contributed by atoms with E-state index in [1.165, 1.54) is 23.8 Å². The molecule has 1 saturated heterocycles. The number of nitrogens with zero attached hydrogens (tertiary/aromatic N) is 2. The Kier molecular flexibility index (Phi) is 4.66. The summed E-state index contributed by atoms with van der Waals surface area (Å²) in [5.74, 6) is -0.254. The largest absolute Gasteiger partial charge is 0.287 e. The number of halogens is 1. The standard InChI is InChI=1S/C12H17ClN2O2S2/c1-19(2,17)14-12(16)10-4-3-7-15(10)8-9-5-6-11(13)18-9/h5-6,10H,3-4,7-8H2,1-2H3/t10-/m0/s1.